The van der Waals surface area contributed by atoms with Gasteiger partial charge in [0, 0.05) is 32.1 Å². The van der Waals surface area contributed by atoms with E-state index in [1.54, 1.807) is 26.0 Å². The topological polar surface area (TPSA) is 194 Å². The summed E-state index contributed by atoms with van der Waals surface area (Å²) in [5.74, 6) is -7.62. The Bertz CT molecular complexity index is 1520. The summed E-state index contributed by atoms with van der Waals surface area (Å²) in [6.07, 6.45) is -0.219. The molecule has 12 nitrogen and oxygen atoms in total. The van der Waals surface area contributed by atoms with Crippen molar-refractivity contribution in [2.45, 2.75) is 31.9 Å². The van der Waals surface area contributed by atoms with E-state index in [4.69, 9.17) is 5.73 Å². The Kier molecular flexibility index (Phi) is 6.60. The number of phenolic OH excluding ortho intramolecular Hbond substituents is 2. The maximum absolute atomic E-state index is 14.0. The third kappa shape index (κ3) is 3.94. The van der Waals surface area contributed by atoms with Crippen molar-refractivity contribution in [3.63, 3.8) is 0 Å². The fourth-order valence-corrected chi connectivity index (χ4v) is 6.21. The fraction of sp³-hybridized carbons (Fsp3) is 0.429. The lowest BCUT2D eigenvalue weighted by molar-refractivity contribution is -0.134. The minimum Gasteiger partial charge on any atom is -0.508 e. The average molecular weight is 553 g/mol. The number of phenols is 2. The summed E-state index contributed by atoms with van der Waals surface area (Å²) in [5, 5.41) is 47.7. The van der Waals surface area contributed by atoms with Gasteiger partial charge in [0.2, 0.25) is 11.7 Å². The number of carbonyl (C=O) groups is 4. The van der Waals surface area contributed by atoms with Crippen LogP contribution in [0, 0.1) is 19.8 Å². The highest BCUT2D eigenvalue weighted by Gasteiger charge is 2.62. The zero-order valence-corrected chi connectivity index (χ0v) is 22.4. The second kappa shape index (κ2) is 9.58. The van der Waals surface area contributed by atoms with Crippen LogP contribution in [-0.4, -0.2) is 105 Å². The largest absolute Gasteiger partial charge is 0.508 e. The smallest absolute Gasteiger partial charge is 0.255 e. The lowest BCUT2D eigenvalue weighted by atomic mass is 9.61. The van der Waals surface area contributed by atoms with E-state index in [0.717, 1.165) is 13.1 Å². The van der Waals surface area contributed by atoms with E-state index in [9.17, 15) is 39.6 Å². The first-order valence-corrected chi connectivity index (χ1v) is 13.0. The highest BCUT2D eigenvalue weighted by molar-refractivity contribution is 6.25. The number of aryl methyl sites for hydroxylation is 2. The first kappa shape index (κ1) is 27.6. The monoisotopic (exact) mass is 552 g/mol. The highest BCUT2D eigenvalue weighted by atomic mass is 16.3. The van der Waals surface area contributed by atoms with Gasteiger partial charge in [-0.05, 0) is 49.4 Å². The van der Waals surface area contributed by atoms with Gasteiger partial charge < -0.3 is 36.4 Å². The Hall–Kier alpha value is -4.00. The minimum absolute atomic E-state index is 0.00541. The number of hydrogen-bond donors (Lipinski definition) is 6. The highest BCUT2D eigenvalue weighted by Crippen LogP contribution is 2.50. The van der Waals surface area contributed by atoms with Crippen molar-refractivity contribution in [3.8, 4) is 11.5 Å². The maximum atomic E-state index is 14.0. The molecule has 2 aliphatic carbocycles. The van der Waals surface area contributed by atoms with Gasteiger partial charge in [0.05, 0.1) is 23.5 Å². The normalized spacial score (nSPS) is 25.6. The first-order chi connectivity index (χ1) is 18.8. The van der Waals surface area contributed by atoms with E-state index in [-0.39, 0.29) is 35.2 Å². The number of benzene rings is 2. The maximum Gasteiger partial charge on any atom is 0.255 e. The van der Waals surface area contributed by atoms with Crippen LogP contribution in [0.5, 0.6) is 11.5 Å². The van der Waals surface area contributed by atoms with Crippen LogP contribution in [0.1, 0.15) is 27.0 Å². The molecule has 2 amide bonds. The first-order valence-electron chi connectivity index (χ1n) is 13.0. The second-order valence-corrected chi connectivity index (χ2v) is 11.0. The Morgan fingerprint density at radius 2 is 1.73 bits per heavy atom. The van der Waals surface area contributed by atoms with E-state index in [2.05, 4.69) is 10.2 Å². The number of rotatable bonds is 4. The summed E-state index contributed by atoms with van der Waals surface area (Å²) >= 11 is 0. The number of aromatic hydroxyl groups is 2. The van der Waals surface area contributed by atoms with E-state index in [1.165, 1.54) is 0 Å². The van der Waals surface area contributed by atoms with Gasteiger partial charge in [-0.25, -0.2) is 0 Å². The van der Waals surface area contributed by atoms with Gasteiger partial charge in [-0.15, -0.1) is 0 Å². The van der Waals surface area contributed by atoms with E-state index in [0.29, 0.717) is 29.6 Å². The predicted molar refractivity (Wildman–Crippen MR) is 143 cm³/mol. The van der Waals surface area contributed by atoms with Crippen molar-refractivity contribution in [2.24, 2.45) is 11.7 Å². The lowest BCUT2D eigenvalue weighted by Gasteiger charge is -2.46. The van der Waals surface area contributed by atoms with Crippen LogP contribution in [0.2, 0.25) is 0 Å². The van der Waals surface area contributed by atoms with Crippen molar-refractivity contribution < 1.29 is 39.6 Å². The number of likely N-dealkylation sites (N-methyl/N-ethyl adjacent to an activating group) is 1. The summed E-state index contributed by atoms with van der Waals surface area (Å²) in [7, 11) is 1.96. The van der Waals surface area contributed by atoms with E-state index in [1.807, 2.05) is 11.9 Å². The molecule has 3 atom stereocenters. The molecule has 0 bridgehead atoms. The number of hydrogen-bond acceptors (Lipinski definition) is 10. The number of nitrogens with zero attached hydrogens (tertiary/aromatic N) is 2. The summed E-state index contributed by atoms with van der Waals surface area (Å²) in [4.78, 5) is 56.8. The molecule has 0 saturated carbocycles. The molecule has 1 saturated heterocycles. The van der Waals surface area contributed by atoms with Gasteiger partial charge in [-0.2, -0.15) is 0 Å². The Morgan fingerprint density at radius 1 is 1.07 bits per heavy atom. The number of piperazine rings is 1. The Balaban J connectivity index is 1.63. The zero-order chi connectivity index (χ0) is 29.3. The number of aliphatic hydroxyl groups is 2. The molecule has 12 heteroatoms. The van der Waals surface area contributed by atoms with E-state index < -0.39 is 58.0 Å². The molecule has 212 valence electrons. The van der Waals surface area contributed by atoms with Gasteiger partial charge in [0.1, 0.15) is 22.8 Å². The number of primary amides is 1. The third-order valence-electron chi connectivity index (χ3n) is 8.60. The number of ketones is 2. The number of nitrogens with one attached hydrogen (secondary N) is 1. The van der Waals surface area contributed by atoms with Gasteiger partial charge in [-0.3, -0.25) is 24.1 Å². The van der Waals surface area contributed by atoms with E-state index >= 15 is 0 Å². The summed E-state index contributed by atoms with van der Waals surface area (Å²) < 4.78 is 0. The molecule has 2 aromatic rings. The number of fused-ring (bicyclic) bond motifs is 3. The molecule has 0 radical (unpaired) electrons. The van der Waals surface area contributed by atoms with Crippen molar-refractivity contribution in [3.05, 3.63) is 45.7 Å². The molecule has 1 heterocycles. The number of Topliss-reactive ketones (excluding diaryl/α,β-unsaturated/α-hetero) is 2. The van der Waals surface area contributed by atoms with Gasteiger partial charge >= 0.3 is 0 Å². The fourth-order valence-electron chi connectivity index (χ4n) is 6.21. The van der Waals surface area contributed by atoms with Crippen LogP contribution >= 0.6 is 0 Å². The molecule has 0 unspecified atom stereocenters. The van der Waals surface area contributed by atoms with Crippen LogP contribution in [0.25, 0.3) is 10.8 Å². The molecule has 2 aromatic carbocycles. The number of aliphatic hydroxyl groups excluding tert-OH is 1. The van der Waals surface area contributed by atoms with Crippen molar-refractivity contribution in [1.82, 2.24) is 15.1 Å². The Morgan fingerprint density at radius 3 is 2.35 bits per heavy atom. The molecule has 1 fully saturated rings. The van der Waals surface area contributed by atoms with Crippen LogP contribution in [0.3, 0.4) is 0 Å². The van der Waals surface area contributed by atoms with Gasteiger partial charge in [0.25, 0.3) is 5.91 Å². The predicted octanol–water partition coefficient (Wildman–Crippen LogP) is -0.434. The van der Waals surface area contributed by atoms with Crippen molar-refractivity contribution in [1.29, 1.82) is 0 Å². The summed E-state index contributed by atoms with van der Waals surface area (Å²) in [6, 6.07) is 1.76. The van der Waals surface area contributed by atoms with Gasteiger partial charge in [0.15, 0.2) is 11.4 Å². The minimum atomic E-state index is -2.85. The van der Waals surface area contributed by atoms with Crippen LogP contribution in [0.4, 0.5) is 0 Å². The molecule has 0 aromatic heterocycles. The van der Waals surface area contributed by atoms with Crippen molar-refractivity contribution >= 4 is 34.2 Å². The lowest BCUT2D eigenvalue weighted by Crippen LogP contribution is -2.66. The second-order valence-electron chi connectivity index (χ2n) is 11.0. The van der Waals surface area contributed by atoms with Crippen LogP contribution in [-0.2, 0) is 20.8 Å². The molecule has 5 rings (SSSR count). The third-order valence-corrected chi connectivity index (χ3v) is 8.60. The number of nitrogens with two attached hydrogens (primary N) is 1. The van der Waals surface area contributed by atoms with Gasteiger partial charge in [-0.1, -0.05) is 12.1 Å². The average Bonchev–Trinajstić information content (AvgIpc) is 2.89. The SMILES string of the molecule is Cc1ccc2c(C)c3c(c(O)c2c1O)C(=O)[C@]1(O)C(O)=C(C(N)=O)C(=O)[C@H](NC(=O)CN2CCN(C)CC2)[C@@H]1C3. The standard InChI is InChI=1S/C28H32N4O8/c1-12-4-5-14-13(2)15-10-16-21(30-17(33)11-32-8-6-31(3)7-9-32)24(36)20(27(29)39)26(38)28(16,40)25(37)19(15)23(35)18(14)22(12)34/h4-5,16,21,34-35,38,40H,6-11H2,1-3H3,(H2,29,39)(H,30,33)/t16-,21+,28-/m0/s1. The molecule has 1 aliphatic heterocycles. The summed E-state index contributed by atoms with van der Waals surface area (Å²) in [5.41, 5.74) is 2.42. The molecule has 40 heavy (non-hydrogen) atoms. The molecular formula is C28H32N4O8. The zero-order valence-electron chi connectivity index (χ0n) is 22.4. The quantitative estimate of drug-likeness (QED) is 0.271. The van der Waals surface area contributed by atoms with Crippen LogP contribution < -0.4 is 11.1 Å². The summed E-state index contributed by atoms with van der Waals surface area (Å²) in [6.45, 7) is 5.96. The molecule has 3 aliphatic rings. The molecular weight excluding hydrogens is 520 g/mol. The van der Waals surface area contributed by atoms with Crippen LogP contribution in [0.15, 0.2) is 23.5 Å². The number of amides is 2. The van der Waals surface area contributed by atoms with Crippen molar-refractivity contribution in [2.75, 3.05) is 39.8 Å². The Labute approximate surface area is 229 Å². The molecule has 0 spiro atoms. The molecule has 7 N–H and O–H groups in total. The number of carbonyl (C=O) groups excluding carboxylic acids is 4.